The largest absolute Gasteiger partial charge is 0.481 e. The predicted octanol–water partition coefficient (Wildman–Crippen LogP) is 2.34. The summed E-state index contributed by atoms with van der Waals surface area (Å²) in [5, 5.41) is 12.1. The van der Waals surface area contributed by atoms with Gasteiger partial charge < -0.3 is 14.8 Å². The number of nitrogens with one attached hydrogen (secondary N) is 1. The van der Waals surface area contributed by atoms with E-state index in [2.05, 4.69) is 10.3 Å². The molecule has 0 amide bonds. The van der Waals surface area contributed by atoms with Gasteiger partial charge in [-0.1, -0.05) is 13.0 Å². The summed E-state index contributed by atoms with van der Waals surface area (Å²) >= 11 is 0. The van der Waals surface area contributed by atoms with E-state index in [0.29, 0.717) is 25.4 Å². The third-order valence-electron chi connectivity index (χ3n) is 3.12. The Morgan fingerprint density at radius 3 is 3.00 bits per heavy atom. The van der Waals surface area contributed by atoms with Crippen molar-refractivity contribution in [2.45, 2.75) is 26.8 Å². The molecule has 5 heteroatoms. The number of carboxylic acid groups (broad SMARTS) is 1. The fourth-order valence-electron chi connectivity index (χ4n) is 1.99. The Bertz CT molecular complexity index is 577. The molecule has 0 spiro atoms. The van der Waals surface area contributed by atoms with Gasteiger partial charge >= 0.3 is 5.97 Å². The van der Waals surface area contributed by atoms with Crippen molar-refractivity contribution in [3.05, 3.63) is 29.7 Å². The van der Waals surface area contributed by atoms with Crippen LogP contribution in [-0.4, -0.2) is 22.6 Å². The number of aryl methyl sites for hydroxylation is 1. The van der Waals surface area contributed by atoms with E-state index in [1.54, 1.807) is 0 Å². The van der Waals surface area contributed by atoms with Gasteiger partial charge in [-0.3, -0.25) is 4.79 Å². The molecule has 1 atom stereocenters. The molecule has 1 unspecified atom stereocenters. The zero-order valence-corrected chi connectivity index (χ0v) is 11.1. The Morgan fingerprint density at radius 1 is 1.53 bits per heavy atom. The SMILES string of the molecule is CCC(CNCc1ccc2nc(C)oc2c1)C(=O)O. The van der Waals surface area contributed by atoms with Gasteiger partial charge in [0.15, 0.2) is 11.5 Å². The molecule has 102 valence electrons. The summed E-state index contributed by atoms with van der Waals surface area (Å²) in [6, 6.07) is 5.82. The van der Waals surface area contributed by atoms with E-state index < -0.39 is 5.97 Å². The van der Waals surface area contributed by atoms with Gasteiger partial charge in [0.1, 0.15) is 5.52 Å². The maximum atomic E-state index is 10.9. The molecule has 0 fully saturated rings. The minimum Gasteiger partial charge on any atom is -0.481 e. The lowest BCUT2D eigenvalue weighted by Gasteiger charge is -2.10. The van der Waals surface area contributed by atoms with Crippen molar-refractivity contribution in [2.24, 2.45) is 5.92 Å². The second-order valence-corrected chi connectivity index (χ2v) is 4.61. The van der Waals surface area contributed by atoms with Crippen LogP contribution in [-0.2, 0) is 11.3 Å². The average molecular weight is 262 g/mol. The highest BCUT2D eigenvalue weighted by atomic mass is 16.4. The first-order chi connectivity index (χ1) is 9.10. The van der Waals surface area contributed by atoms with E-state index in [1.807, 2.05) is 32.0 Å². The molecule has 0 aliphatic rings. The third kappa shape index (κ3) is 3.32. The van der Waals surface area contributed by atoms with Crippen molar-refractivity contribution < 1.29 is 14.3 Å². The van der Waals surface area contributed by atoms with Gasteiger partial charge in [-0.05, 0) is 24.1 Å². The van der Waals surface area contributed by atoms with E-state index in [4.69, 9.17) is 9.52 Å². The molecule has 5 nitrogen and oxygen atoms in total. The number of benzene rings is 1. The number of aliphatic carboxylic acids is 1. The average Bonchev–Trinajstić information content (AvgIpc) is 2.73. The van der Waals surface area contributed by atoms with Crippen LogP contribution in [0.5, 0.6) is 0 Å². The molecule has 0 saturated carbocycles. The summed E-state index contributed by atoms with van der Waals surface area (Å²) in [4.78, 5) is 15.1. The van der Waals surface area contributed by atoms with Crippen LogP contribution >= 0.6 is 0 Å². The number of carbonyl (C=O) groups is 1. The van der Waals surface area contributed by atoms with Crippen LogP contribution in [0.2, 0.25) is 0 Å². The highest BCUT2D eigenvalue weighted by molar-refractivity contribution is 5.73. The molecule has 2 rings (SSSR count). The van der Waals surface area contributed by atoms with E-state index >= 15 is 0 Å². The van der Waals surface area contributed by atoms with Gasteiger partial charge in [-0.25, -0.2) is 4.98 Å². The first-order valence-electron chi connectivity index (χ1n) is 6.39. The third-order valence-corrected chi connectivity index (χ3v) is 3.12. The van der Waals surface area contributed by atoms with Crippen LogP contribution < -0.4 is 5.32 Å². The number of hydrogen-bond acceptors (Lipinski definition) is 4. The highest BCUT2D eigenvalue weighted by Crippen LogP contribution is 2.16. The molecule has 1 aromatic heterocycles. The Labute approximate surface area is 111 Å². The fraction of sp³-hybridized carbons (Fsp3) is 0.429. The van der Waals surface area contributed by atoms with E-state index in [-0.39, 0.29) is 5.92 Å². The topological polar surface area (TPSA) is 75.4 Å². The van der Waals surface area contributed by atoms with Gasteiger partial charge in [0.05, 0.1) is 5.92 Å². The number of nitrogens with zero attached hydrogens (tertiary/aromatic N) is 1. The molecular weight excluding hydrogens is 244 g/mol. The molecule has 1 heterocycles. The molecule has 0 bridgehead atoms. The Hall–Kier alpha value is -1.88. The predicted molar refractivity (Wildman–Crippen MR) is 71.9 cm³/mol. The molecule has 0 saturated heterocycles. The van der Waals surface area contributed by atoms with E-state index in [1.165, 1.54) is 0 Å². The number of aromatic nitrogens is 1. The van der Waals surface area contributed by atoms with Crippen molar-refractivity contribution in [1.29, 1.82) is 0 Å². The van der Waals surface area contributed by atoms with Crippen molar-refractivity contribution in [1.82, 2.24) is 10.3 Å². The molecule has 2 aromatic rings. The number of carboxylic acids is 1. The number of fused-ring (bicyclic) bond motifs is 1. The van der Waals surface area contributed by atoms with Crippen LogP contribution in [0.25, 0.3) is 11.1 Å². The first-order valence-corrected chi connectivity index (χ1v) is 6.39. The molecular formula is C14H18N2O3. The summed E-state index contributed by atoms with van der Waals surface area (Å²) in [7, 11) is 0. The smallest absolute Gasteiger partial charge is 0.307 e. The highest BCUT2D eigenvalue weighted by Gasteiger charge is 2.13. The number of rotatable bonds is 6. The summed E-state index contributed by atoms with van der Waals surface area (Å²) in [5.74, 6) is -0.440. The van der Waals surface area contributed by atoms with Crippen molar-refractivity contribution >= 4 is 17.1 Å². The van der Waals surface area contributed by atoms with E-state index in [0.717, 1.165) is 16.7 Å². The fourth-order valence-corrected chi connectivity index (χ4v) is 1.99. The van der Waals surface area contributed by atoms with Gasteiger partial charge in [0.25, 0.3) is 0 Å². The zero-order chi connectivity index (χ0) is 13.8. The Morgan fingerprint density at radius 2 is 2.32 bits per heavy atom. The first kappa shape index (κ1) is 13.5. The second-order valence-electron chi connectivity index (χ2n) is 4.61. The monoisotopic (exact) mass is 262 g/mol. The second kappa shape index (κ2) is 5.84. The Balaban J connectivity index is 1.96. The molecule has 0 aliphatic heterocycles. The molecule has 1 aromatic carbocycles. The van der Waals surface area contributed by atoms with Gasteiger partial charge in [0, 0.05) is 20.0 Å². The van der Waals surface area contributed by atoms with Crippen molar-refractivity contribution in [3.8, 4) is 0 Å². The summed E-state index contributed by atoms with van der Waals surface area (Å²) in [5.41, 5.74) is 2.67. The maximum absolute atomic E-state index is 10.9. The standard InChI is InChI=1S/C14H18N2O3/c1-3-11(14(17)18)8-15-7-10-4-5-12-13(6-10)19-9(2)16-12/h4-6,11,15H,3,7-8H2,1-2H3,(H,17,18). The van der Waals surface area contributed by atoms with Crippen LogP contribution in [0.1, 0.15) is 24.8 Å². The lowest BCUT2D eigenvalue weighted by Crippen LogP contribution is -2.27. The maximum Gasteiger partial charge on any atom is 0.307 e. The minimum absolute atomic E-state index is 0.337. The summed E-state index contributed by atoms with van der Waals surface area (Å²) in [6.07, 6.45) is 0.628. The molecule has 2 N–H and O–H groups in total. The molecule has 19 heavy (non-hydrogen) atoms. The summed E-state index contributed by atoms with van der Waals surface area (Å²) < 4.78 is 5.46. The van der Waals surface area contributed by atoms with Crippen LogP contribution in [0.15, 0.2) is 22.6 Å². The lowest BCUT2D eigenvalue weighted by molar-refractivity contribution is -0.141. The van der Waals surface area contributed by atoms with Gasteiger partial charge in [-0.15, -0.1) is 0 Å². The van der Waals surface area contributed by atoms with Gasteiger partial charge in [0.2, 0.25) is 0 Å². The zero-order valence-electron chi connectivity index (χ0n) is 11.1. The lowest BCUT2D eigenvalue weighted by atomic mass is 10.1. The van der Waals surface area contributed by atoms with Gasteiger partial charge in [-0.2, -0.15) is 0 Å². The molecule has 0 radical (unpaired) electrons. The Kier molecular flexibility index (Phi) is 4.16. The van der Waals surface area contributed by atoms with E-state index in [9.17, 15) is 4.79 Å². The van der Waals surface area contributed by atoms with Crippen LogP contribution in [0.3, 0.4) is 0 Å². The summed E-state index contributed by atoms with van der Waals surface area (Å²) in [6.45, 7) is 4.79. The van der Waals surface area contributed by atoms with Crippen LogP contribution in [0.4, 0.5) is 0 Å². The quantitative estimate of drug-likeness (QED) is 0.835. The van der Waals surface area contributed by atoms with Crippen molar-refractivity contribution in [2.75, 3.05) is 6.54 Å². The normalized spacial score (nSPS) is 12.7. The number of oxazole rings is 1. The minimum atomic E-state index is -0.753. The van der Waals surface area contributed by atoms with Crippen molar-refractivity contribution in [3.63, 3.8) is 0 Å². The van der Waals surface area contributed by atoms with Crippen LogP contribution in [0, 0.1) is 12.8 Å². The molecule has 0 aliphatic carbocycles. The number of hydrogen-bond donors (Lipinski definition) is 2.